The first-order valence-electron chi connectivity index (χ1n) is 3.86. The van der Waals surface area contributed by atoms with Crippen LogP contribution in [0, 0.1) is 11.3 Å². The molecule has 0 aromatic heterocycles. The number of aryl methyl sites for hydroxylation is 1. The Balaban J connectivity index is 2.60. The lowest BCUT2D eigenvalue weighted by molar-refractivity contribution is 1.01. The number of hydrogen-bond acceptors (Lipinski definition) is 2. The van der Waals surface area contributed by atoms with E-state index in [1.165, 1.54) is 10.5 Å². The van der Waals surface area contributed by atoms with E-state index >= 15 is 0 Å². The Labute approximate surface area is 77.4 Å². The summed E-state index contributed by atoms with van der Waals surface area (Å²) in [7, 11) is 0. The maximum Gasteiger partial charge on any atom is 0.0625 e. The Morgan fingerprint density at radius 1 is 1.33 bits per heavy atom. The van der Waals surface area contributed by atoms with Gasteiger partial charge in [0.05, 0.1) is 6.07 Å². The lowest BCUT2D eigenvalue weighted by Gasteiger charge is -1.98. The first-order valence-corrected chi connectivity index (χ1v) is 5.09. The van der Waals surface area contributed by atoms with Crippen molar-refractivity contribution < 1.29 is 0 Å². The largest absolute Gasteiger partial charge is 0.198 e. The lowest BCUT2D eigenvalue weighted by atomic mass is 10.1. The van der Waals surface area contributed by atoms with Crippen molar-refractivity contribution >= 4 is 11.8 Å². The van der Waals surface area contributed by atoms with Crippen LogP contribution in [0.5, 0.6) is 0 Å². The topological polar surface area (TPSA) is 23.8 Å². The zero-order valence-corrected chi connectivity index (χ0v) is 7.90. The third-order valence-corrected chi connectivity index (χ3v) is 2.43. The summed E-state index contributed by atoms with van der Waals surface area (Å²) < 4.78 is 0. The van der Waals surface area contributed by atoms with Crippen molar-refractivity contribution in [1.29, 1.82) is 5.26 Å². The highest BCUT2D eigenvalue weighted by Gasteiger charge is 1.92. The molecule has 0 saturated carbocycles. The summed E-state index contributed by atoms with van der Waals surface area (Å²) in [6, 6.07) is 10.5. The van der Waals surface area contributed by atoms with Crippen molar-refractivity contribution in [2.75, 3.05) is 6.26 Å². The Morgan fingerprint density at radius 2 is 2.00 bits per heavy atom. The van der Waals surface area contributed by atoms with E-state index in [9.17, 15) is 0 Å². The van der Waals surface area contributed by atoms with Crippen molar-refractivity contribution in [3.63, 3.8) is 0 Å². The molecule has 0 fully saturated rings. The average molecular weight is 177 g/mol. The van der Waals surface area contributed by atoms with E-state index in [0.29, 0.717) is 6.42 Å². The van der Waals surface area contributed by atoms with Crippen LogP contribution in [0.25, 0.3) is 0 Å². The van der Waals surface area contributed by atoms with Gasteiger partial charge in [0, 0.05) is 11.3 Å². The zero-order chi connectivity index (χ0) is 8.81. The lowest BCUT2D eigenvalue weighted by Crippen LogP contribution is -1.82. The van der Waals surface area contributed by atoms with Crippen LogP contribution in [0.3, 0.4) is 0 Å². The van der Waals surface area contributed by atoms with E-state index in [4.69, 9.17) is 5.26 Å². The Morgan fingerprint density at radius 3 is 2.50 bits per heavy atom. The fourth-order valence-corrected chi connectivity index (χ4v) is 1.40. The fourth-order valence-electron chi connectivity index (χ4n) is 0.992. The minimum Gasteiger partial charge on any atom is -0.198 e. The quantitative estimate of drug-likeness (QED) is 0.663. The minimum atomic E-state index is 0.610. The molecule has 1 aromatic rings. The van der Waals surface area contributed by atoms with Gasteiger partial charge in [-0.1, -0.05) is 12.1 Å². The molecule has 12 heavy (non-hydrogen) atoms. The number of nitriles is 1. The Kier molecular flexibility index (Phi) is 3.69. The first-order chi connectivity index (χ1) is 5.86. The summed E-state index contributed by atoms with van der Waals surface area (Å²) in [6.45, 7) is 0. The summed E-state index contributed by atoms with van der Waals surface area (Å²) in [5.41, 5.74) is 1.24. The van der Waals surface area contributed by atoms with Crippen LogP contribution in [0.1, 0.15) is 12.0 Å². The molecule has 1 aromatic carbocycles. The third kappa shape index (κ3) is 2.60. The van der Waals surface area contributed by atoms with Gasteiger partial charge in [0.15, 0.2) is 0 Å². The molecule has 0 bridgehead atoms. The van der Waals surface area contributed by atoms with Gasteiger partial charge in [-0.3, -0.25) is 0 Å². The predicted octanol–water partition coefficient (Wildman–Crippen LogP) is 2.86. The molecule has 1 nitrogen and oxygen atoms in total. The van der Waals surface area contributed by atoms with Gasteiger partial charge >= 0.3 is 0 Å². The summed E-state index contributed by atoms with van der Waals surface area (Å²) in [5.74, 6) is 0. The van der Waals surface area contributed by atoms with Crippen LogP contribution in [0.15, 0.2) is 29.2 Å². The summed E-state index contributed by atoms with van der Waals surface area (Å²) in [4.78, 5) is 1.27. The van der Waals surface area contributed by atoms with E-state index in [1.807, 2.05) is 0 Å². The predicted molar refractivity (Wildman–Crippen MR) is 52.2 cm³/mol. The molecular weight excluding hydrogens is 166 g/mol. The van der Waals surface area contributed by atoms with E-state index in [0.717, 1.165) is 6.42 Å². The smallest absolute Gasteiger partial charge is 0.0625 e. The Hall–Kier alpha value is -0.940. The van der Waals surface area contributed by atoms with Gasteiger partial charge in [-0.2, -0.15) is 5.26 Å². The number of rotatable bonds is 3. The van der Waals surface area contributed by atoms with Gasteiger partial charge in [0.2, 0.25) is 0 Å². The van der Waals surface area contributed by atoms with Crippen LogP contribution in [0.2, 0.25) is 0 Å². The molecule has 1 rings (SSSR count). The van der Waals surface area contributed by atoms with Gasteiger partial charge in [0.1, 0.15) is 0 Å². The molecule has 0 atom stereocenters. The second-order valence-corrected chi connectivity index (χ2v) is 3.39. The van der Waals surface area contributed by atoms with Gasteiger partial charge in [-0.15, -0.1) is 11.8 Å². The normalized spacial score (nSPS) is 9.33. The second-order valence-electron chi connectivity index (χ2n) is 2.51. The number of nitrogens with zero attached hydrogens (tertiary/aromatic N) is 1. The molecule has 62 valence electrons. The molecule has 0 N–H and O–H groups in total. The summed E-state index contributed by atoms with van der Waals surface area (Å²) in [5, 5.41) is 8.37. The van der Waals surface area contributed by atoms with Crippen molar-refractivity contribution in [2.45, 2.75) is 17.7 Å². The van der Waals surface area contributed by atoms with E-state index in [2.05, 4.69) is 36.6 Å². The zero-order valence-electron chi connectivity index (χ0n) is 7.08. The molecule has 0 saturated heterocycles. The van der Waals surface area contributed by atoms with Crippen LogP contribution in [-0.4, -0.2) is 6.26 Å². The molecule has 0 aliphatic carbocycles. The standard InChI is InChI=1S/C10H11NS/c1-12-10-6-4-9(5-7-10)3-2-8-11/h4-7H,2-3H2,1H3. The molecule has 2 heteroatoms. The van der Waals surface area contributed by atoms with Crippen LogP contribution < -0.4 is 0 Å². The first kappa shape index (κ1) is 9.15. The van der Waals surface area contributed by atoms with Crippen LogP contribution in [-0.2, 0) is 6.42 Å². The van der Waals surface area contributed by atoms with Crippen molar-refractivity contribution in [2.24, 2.45) is 0 Å². The SMILES string of the molecule is CSc1ccc(CCC#N)cc1. The van der Waals surface area contributed by atoms with Gasteiger partial charge < -0.3 is 0 Å². The maximum atomic E-state index is 8.37. The van der Waals surface area contributed by atoms with Gasteiger partial charge in [0.25, 0.3) is 0 Å². The fraction of sp³-hybridized carbons (Fsp3) is 0.300. The molecular formula is C10H11NS. The molecule has 0 spiro atoms. The van der Waals surface area contributed by atoms with Crippen molar-refractivity contribution in [1.82, 2.24) is 0 Å². The summed E-state index contributed by atoms with van der Waals surface area (Å²) in [6.07, 6.45) is 3.54. The number of benzene rings is 1. The molecule has 0 radical (unpaired) electrons. The molecule has 0 amide bonds. The van der Waals surface area contributed by atoms with Gasteiger partial charge in [-0.05, 0) is 30.4 Å². The molecule has 0 heterocycles. The maximum absolute atomic E-state index is 8.37. The summed E-state index contributed by atoms with van der Waals surface area (Å²) >= 11 is 1.74. The number of hydrogen-bond donors (Lipinski definition) is 0. The minimum absolute atomic E-state index is 0.610. The van der Waals surface area contributed by atoms with E-state index < -0.39 is 0 Å². The highest BCUT2D eigenvalue weighted by Crippen LogP contribution is 2.15. The molecule has 0 aliphatic heterocycles. The Bertz CT molecular complexity index is 271. The highest BCUT2D eigenvalue weighted by molar-refractivity contribution is 7.98. The average Bonchev–Trinajstić information content (AvgIpc) is 2.15. The van der Waals surface area contributed by atoms with Crippen LogP contribution in [0.4, 0.5) is 0 Å². The number of thioether (sulfide) groups is 1. The molecule has 0 unspecified atom stereocenters. The third-order valence-electron chi connectivity index (χ3n) is 1.68. The second kappa shape index (κ2) is 4.84. The van der Waals surface area contributed by atoms with Gasteiger partial charge in [-0.25, -0.2) is 0 Å². The molecule has 0 aliphatic rings. The van der Waals surface area contributed by atoms with E-state index in [-0.39, 0.29) is 0 Å². The monoisotopic (exact) mass is 177 g/mol. The van der Waals surface area contributed by atoms with Crippen LogP contribution >= 0.6 is 11.8 Å². The van der Waals surface area contributed by atoms with Crippen molar-refractivity contribution in [3.8, 4) is 6.07 Å². The van der Waals surface area contributed by atoms with E-state index in [1.54, 1.807) is 11.8 Å². The highest BCUT2D eigenvalue weighted by atomic mass is 32.2. The van der Waals surface area contributed by atoms with Crippen molar-refractivity contribution in [3.05, 3.63) is 29.8 Å².